The molecule has 36 heavy (non-hydrogen) atoms. The molecule has 2 aliphatic rings. The maximum atomic E-state index is 14.3. The largest absolute Gasteiger partial charge is 0.351 e. The Morgan fingerprint density at radius 2 is 1.72 bits per heavy atom. The molecule has 0 spiro atoms. The van der Waals surface area contributed by atoms with Crippen molar-refractivity contribution in [1.29, 1.82) is 0 Å². The van der Waals surface area contributed by atoms with Crippen LogP contribution in [0.4, 0.5) is 5.69 Å². The van der Waals surface area contributed by atoms with Crippen LogP contribution >= 0.6 is 0 Å². The van der Waals surface area contributed by atoms with Crippen LogP contribution in [0, 0.1) is 6.92 Å². The first kappa shape index (κ1) is 24.1. The molecule has 0 unspecified atom stereocenters. The van der Waals surface area contributed by atoms with Gasteiger partial charge in [0.05, 0.1) is 17.7 Å². The van der Waals surface area contributed by atoms with E-state index >= 15 is 0 Å². The Hall–Kier alpha value is -3.61. The van der Waals surface area contributed by atoms with E-state index in [0.717, 1.165) is 47.7 Å². The van der Waals surface area contributed by atoms with Crippen molar-refractivity contribution >= 4 is 34.3 Å². The van der Waals surface area contributed by atoms with Crippen LogP contribution in [-0.2, 0) is 22.7 Å². The summed E-state index contributed by atoms with van der Waals surface area (Å²) in [5.74, 6) is -0.623. The van der Waals surface area contributed by atoms with Gasteiger partial charge in [-0.25, -0.2) is 0 Å². The number of fused-ring (bicyclic) bond motifs is 3. The number of hydrogen-bond acceptors (Lipinski definition) is 3. The van der Waals surface area contributed by atoms with E-state index in [4.69, 9.17) is 0 Å². The lowest BCUT2D eigenvalue weighted by Gasteiger charge is -2.45. The number of benzene rings is 2. The number of anilines is 1. The van der Waals surface area contributed by atoms with E-state index in [2.05, 4.69) is 10.6 Å². The van der Waals surface area contributed by atoms with Crippen LogP contribution in [0.1, 0.15) is 67.6 Å². The maximum absolute atomic E-state index is 14.3. The lowest BCUT2D eigenvalue weighted by atomic mass is 9.90. The molecule has 7 heteroatoms. The number of nitrogens with zero attached hydrogens (tertiary/aromatic N) is 2. The molecule has 2 N–H and O–H groups in total. The van der Waals surface area contributed by atoms with Gasteiger partial charge in [0.15, 0.2) is 0 Å². The zero-order valence-electron chi connectivity index (χ0n) is 21.3. The van der Waals surface area contributed by atoms with Crippen molar-refractivity contribution in [3.8, 4) is 0 Å². The molecule has 1 saturated carbocycles. The molecule has 2 heterocycles. The van der Waals surface area contributed by atoms with E-state index in [0.29, 0.717) is 24.5 Å². The van der Waals surface area contributed by atoms with Crippen LogP contribution in [0.25, 0.3) is 10.9 Å². The Morgan fingerprint density at radius 3 is 2.44 bits per heavy atom. The van der Waals surface area contributed by atoms with Crippen molar-refractivity contribution in [1.82, 2.24) is 14.8 Å². The highest BCUT2D eigenvalue weighted by molar-refractivity contribution is 6.14. The lowest BCUT2D eigenvalue weighted by molar-refractivity contribution is -0.134. The Balaban J connectivity index is 1.63. The second-order valence-electron chi connectivity index (χ2n) is 10.4. The molecule has 2 aromatic carbocycles. The minimum absolute atomic E-state index is 0.124. The molecule has 1 aromatic heterocycles. The summed E-state index contributed by atoms with van der Waals surface area (Å²) in [7, 11) is 0. The second kappa shape index (κ2) is 9.45. The summed E-state index contributed by atoms with van der Waals surface area (Å²) in [5.41, 5.74) is 2.72. The van der Waals surface area contributed by atoms with E-state index in [9.17, 15) is 14.4 Å². The fourth-order valence-electron chi connectivity index (χ4n) is 5.72. The predicted molar refractivity (Wildman–Crippen MR) is 141 cm³/mol. The van der Waals surface area contributed by atoms with E-state index < -0.39 is 5.54 Å². The fourth-order valence-corrected chi connectivity index (χ4v) is 5.72. The minimum atomic E-state index is -1.10. The molecule has 1 atom stereocenters. The summed E-state index contributed by atoms with van der Waals surface area (Å²) in [6.45, 7) is 5.94. The monoisotopic (exact) mass is 486 g/mol. The first-order valence-corrected chi connectivity index (χ1v) is 12.9. The maximum Gasteiger partial charge on any atom is 0.273 e. The van der Waals surface area contributed by atoms with Gasteiger partial charge in [-0.2, -0.15) is 0 Å². The number of hydrogen-bond donors (Lipinski definition) is 2. The topological polar surface area (TPSA) is 83.4 Å². The lowest BCUT2D eigenvalue weighted by Crippen LogP contribution is -2.64. The summed E-state index contributed by atoms with van der Waals surface area (Å²) in [6, 6.07) is 15.7. The molecule has 7 nitrogen and oxygen atoms in total. The van der Waals surface area contributed by atoms with Gasteiger partial charge in [-0.1, -0.05) is 61.7 Å². The third kappa shape index (κ3) is 4.16. The Labute approximate surface area is 211 Å². The highest BCUT2D eigenvalue weighted by atomic mass is 16.2. The number of nitrogens with one attached hydrogen (secondary N) is 2. The zero-order valence-corrected chi connectivity index (χ0v) is 21.3. The Kier molecular flexibility index (Phi) is 6.33. The smallest absolute Gasteiger partial charge is 0.273 e. The SMILES string of the molecule is CC(=O)Nc1c2n(c3ccccc13)C[C@@](C)(C(=O)NC1CCCCC1)N(Cc1ccccc1C)C2=O. The van der Waals surface area contributed by atoms with Crippen LogP contribution in [-0.4, -0.2) is 38.8 Å². The van der Waals surface area contributed by atoms with Crippen LogP contribution < -0.4 is 10.6 Å². The molecule has 188 valence electrons. The number of carbonyl (C=O) groups is 3. The molecule has 0 radical (unpaired) electrons. The van der Waals surface area contributed by atoms with Crippen molar-refractivity contribution < 1.29 is 14.4 Å². The molecule has 1 fully saturated rings. The number of aromatic nitrogens is 1. The molecule has 0 bridgehead atoms. The quantitative estimate of drug-likeness (QED) is 0.545. The highest BCUT2D eigenvalue weighted by Gasteiger charge is 2.49. The molecular weight excluding hydrogens is 452 g/mol. The van der Waals surface area contributed by atoms with Crippen LogP contribution in [0.5, 0.6) is 0 Å². The van der Waals surface area contributed by atoms with Gasteiger partial charge >= 0.3 is 0 Å². The van der Waals surface area contributed by atoms with Crippen LogP contribution in [0.2, 0.25) is 0 Å². The van der Waals surface area contributed by atoms with Crippen molar-refractivity contribution in [2.24, 2.45) is 0 Å². The molecule has 0 saturated heterocycles. The van der Waals surface area contributed by atoms with Gasteiger partial charge in [0.25, 0.3) is 5.91 Å². The first-order chi connectivity index (χ1) is 17.3. The average molecular weight is 487 g/mol. The molecule has 5 rings (SSSR count). The van der Waals surface area contributed by atoms with Gasteiger partial charge < -0.3 is 20.1 Å². The summed E-state index contributed by atoms with van der Waals surface area (Å²) in [5, 5.41) is 6.97. The van der Waals surface area contributed by atoms with E-state index in [1.807, 2.05) is 66.9 Å². The fraction of sp³-hybridized carbons (Fsp3) is 0.414. The van der Waals surface area contributed by atoms with Gasteiger partial charge in [-0.15, -0.1) is 0 Å². The van der Waals surface area contributed by atoms with Crippen molar-refractivity contribution in [2.75, 3.05) is 5.32 Å². The number of para-hydroxylation sites is 1. The summed E-state index contributed by atoms with van der Waals surface area (Å²) < 4.78 is 1.91. The Morgan fingerprint density at radius 1 is 1.03 bits per heavy atom. The van der Waals surface area contributed by atoms with E-state index in [1.165, 1.54) is 13.3 Å². The third-order valence-corrected chi connectivity index (χ3v) is 7.80. The van der Waals surface area contributed by atoms with Crippen LogP contribution in [0.15, 0.2) is 48.5 Å². The van der Waals surface area contributed by atoms with Crippen LogP contribution in [0.3, 0.4) is 0 Å². The molecule has 3 amide bonds. The van der Waals surface area contributed by atoms with Gasteiger partial charge in [0.1, 0.15) is 11.2 Å². The van der Waals surface area contributed by atoms with E-state index in [-0.39, 0.29) is 23.8 Å². The number of aryl methyl sites for hydroxylation is 1. The predicted octanol–water partition coefficient (Wildman–Crippen LogP) is 4.77. The third-order valence-electron chi connectivity index (χ3n) is 7.80. The molecular formula is C29H34N4O3. The van der Waals surface area contributed by atoms with Gasteiger partial charge in [-0.05, 0) is 43.9 Å². The molecule has 1 aliphatic heterocycles. The number of rotatable bonds is 5. The average Bonchev–Trinajstić information content (AvgIpc) is 3.16. The van der Waals surface area contributed by atoms with Crippen molar-refractivity contribution in [2.45, 2.75) is 77.5 Å². The standard InChI is InChI=1S/C29H34N4O3/c1-19-11-7-8-12-21(19)17-33-27(35)26-25(30-20(2)34)23-15-9-10-16-24(23)32(26)18-29(33,3)28(36)31-22-13-5-4-6-14-22/h7-12,15-16,22H,4-6,13-14,17-18H2,1-3H3,(H,30,34)(H,31,36)/t29-/m0/s1. The zero-order chi connectivity index (χ0) is 25.4. The first-order valence-electron chi connectivity index (χ1n) is 12.9. The van der Waals surface area contributed by atoms with Gasteiger partial charge in [0.2, 0.25) is 11.8 Å². The highest BCUT2D eigenvalue weighted by Crippen LogP contribution is 2.39. The normalized spacial score (nSPS) is 20.3. The minimum Gasteiger partial charge on any atom is -0.351 e. The second-order valence-corrected chi connectivity index (χ2v) is 10.4. The molecule has 1 aliphatic carbocycles. The summed E-state index contributed by atoms with van der Waals surface area (Å²) in [4.78, 5) is 42.1. The molecule has 3 aromatic rings. The number of amides is 3. The van der Waals surface area contributed by atoms with Gasteiger partial charge in [-0.3, -0.25) is 14.4 Å². The van der Waals surface area contributed by atoms with Gasteiger partial charge in [0, 0.05) is 24.9 Å². The van der Waals surface area contributed by atoms with Crippen molar-refractivity contribution in [3.63, 3.8) is 0 Å². The Bertz CT molecular complexity index is 1340. The van der Waals surface area contributed by atoms with E-state index in [1.54, 1.807) is 4.90 Å². The summed E-state index contributed by atoms with van der Waals surface area (Å²) >= 11 is 0. The van der Waals surface area contributed by atoms with Crippen molar-refractivity contribution in [3.05, 3.63) is 65.4 Å². The number of carbonyl (C=O) groups excluding carboxylic acids is 3. The summed E-state index contributed by atoms with van der Waals surface area (Å²) in [6.07, 6.45) is 5.36.